The molecule has 0 saturated carbocycles. The van der Waals surface area contributed by atoms with E-state index in [-0.39, 0.29) is 26.2 Å². The minimum absolute atomic E-state index is 0.257. The highest BCUT2D eigenvalue weighted by molar-refractivity contribution is 7.46. The molecule has 2 rings (SSSR count). The van der Waals surface area contributed by atoms with Gasteiger partial charge in [-0.3, -0.25) is 0 Å². The van der Waals surface area contributed by atoms with Gasteiger partial charge in [0.05, 0.1) is 33.3 Å². The highest BCUT2D eigenvalue weighted by Gasteiger charge is 2.61. The third-order valence-corrected chi connectivity index (χ3v) is 6.31. The molecule has 7 heteroatoms. The van der Waals surface area contributed by atoms with Crippen LogP contribution in [0.25, 0.3) is 0 Å². The average molecular weight is 222 g/mol. The number of hydrogen-bond acceptors (Lipinski definition) is 4. The number of hydroxylamine groups is 4. The van der Waals surface area contributed by atoms with E-state index in [4.69, 9.17) is 4.52 Å². The van der Waals surface area contributed by atoms with Crippen molar-refractivity contribution in [2.75, 3.05) is 33.3 Å². The molecular formula is C7H15N2O4P. The maximum atomic E-state index is 12.3. The lowest BCUT2D eigenvalue weighted by molar-refractivity contribution is -0.910. The van der Waals surface area contributed by atoms with Gasteiger partial charge in [-0.2, -0.15) is 4.57 Å². The normalized spacial score (nSPS) is 29.1. The zero-order chi connectivity index (χ0) is 10.4. The minimum atomic E-state index is -3.67. The van der Waals surface area contributed by atoms with Crippen LogP contribution in [0.1, 0.15) is 12.8 Å². The Bertz CT molecular complexity index is 263. The first-order chi connectivity index (χ1) is 6.47. The van der Waals surface area contributed by atoms with Crippen molar-refractivity contribution in [2.45, 2.75) is 12.8 Å². The fourth-order valence-corrected chi connectivity index (χ4v) is 4.72. The predicted octanol–water partition coefficient (Wildman–Crippen LogP) is 1.18. The zero-order valence-corrected chi connectivity index (χ0v) is 9.11. The van der Waals surface area contributed by atoms with Crippen molar-refractivity contribution >= 4 is 7.67 Å². The summed E-state index contributed by atoms with van der Waals surface area (Å²) in [6, 6.07) is 0. The molecule has 6 nitrogen and oxygen atoms in total. The number of nitrogens with zero attached hydrogens (tertiary/aromatic N) is 2. The van der Waals surface area contributed by atoms with Crippen LogP contribution in [0.5, 0.6) is 0 Å². The van der Waals surface area contributed by atoms with Crippen LogP contribution in [0.15, 0.2) is 0 Å². The molecule has 0 spiro atoms. The Labute approximate surface area is 83.0 Å². The molecule has 0 atom stereocenters. The molecule has 2 fully saturated rings. The predicted molar refractivity (Wildman–Crippen MR) is 50.6 cm³/mol. The lowest BCUT2D eigenvalue weighted by Crippen LogP contribution is -2.61. The largest absolute Gasteiger partial charge is 0.624 e. The number of hydrogen-bond donors (Lipinski definition) is 0. The monoisotopic (exact) mass is 222 g/mol. The highest BCUT2D eigenvalue weighted by Crippen LogP contribution is 2.67. The number of quaternary nitrogens is 2. The summed E-state index contributed by atoms with van der Waals surface area (Å²) < 4.78 is 15.3. The van der Waals surface area contributed by atoms with Crippen LogP contribution >= 0.6 is 7.67 Å². The third-order valence-electron chi connectivity index (χ3n) is 3.19. The van der Waals surface area contributed by atoms with Gasteiger partial charge in [0.25, 0.3) is 0 Å². The molecule has 0 radical (unpaired) electrons. The Morgan fingerprint density at radius 1 is 1.07 bits per heavy atom. The summed E-state index contributed by atoms with van der Waals surface area (Å²) in [5.74, 6) is 0. The van der Waals surface area contributed by atoms with Crippen LogP contribution in [-0.2, 0) is 9.09 Å². The van der Waals surface area contributed by atoms with Gasteiger partial charge in [0.1, 0.15) is 0 Å². The van der Waals surface area contributed by atoms with Gasteiger partial charge in [-0.25, -0.2) is 13.4 Å². The first-order valence-electron chi connectivity index (χ1n) is 4.80. The van der Waals surface area contributed by atoms with Crippen molar-refractivity contribution < 1.29 is 17.9 Å². The molecule has 0 N–H and O–H groups in total. The molecule has 0 aromatic heterocycles. The molecule has 2 aliphatic rings. The zero-order valence-electron chi connectivity index (χ0n) is 8.22. The van der Waals surface area contributed by atoms with Gasteiger partial charge >= 0.3 is 7.67 Å². The Balaban J connectivity index is 2.29. The second-order valence-electron chi connectivity index (χ2n) is 3.97. The summed E-state index contributed by atoms with van der Waals surface area (Å²) in [6.45, 7) is 1.03. The van der Waals surface area contributed by atoms with Crippen LogP contribution in [0.4, 0.5) is 0 Å². The second kappa shape index (κ2) is 3.01. The van der Waals surface area contributed by atoms with E-state index in [0.29, 0.717) is 0 Å². The molecule has 0 unspecified atom stereocenters. The molecule has 0 aromatic carbocycles. The fourth-order valence-electron chi connectivity index (χ4n) is 1.96. The lowest BCUT2D eigenvalue weighted by atomic mass is 10.3. The van der Waals surface area contributed by atoms with E-state index in [1.165, 1.54) is 7.11 Å². The second-order valence-corrected chi connectivity index (χ2v) is 6.77. The van der Waals surface area contributed by atoms with Crippen LogP contribution in [0.3, 0.4) is 0 Å². The molecule has 14 heavy (non-hydrogen) atoms. The van der Waals surface area contributed by atoms with Gasteiger partial charge in [0.2, 0.25) is 0 Å². The summed E-state index contributed by atoms with van der Waals surface area (Å²) in [5, 5.41) is 24.0. The molecule has 2 saturated heterocycles. The van der Waals surface area contributed by atoms with Gasteiger partial charge in [-0.05, 0) is 0 Å². The molecule has 2 heterocycles. The summed E-state index contributed by atoms with van der Waals surface area (Å²) in [6.07, 6.45) is 1.47. The van der Waals surface area contributed by atoms with Gasteiger partial charge < -0.3 is 10.4 Å². The van der Waals surface area contributed by atoms with Gasteiger partial charge in [-0.1, -0.05) is 0 Å². The van der Waals surface area contributed by atoms with E-state index < -0.39 is 16.5 Å². The van der Waals surface area contributed by atoms with Crippen LogP contribution in [0.2, 0.25) is 0 Å². The molecular weight excluding hydrogens is 207 g/mol. The summed E-state index contributed by atoms with van der Waals surface area (Å²) >= 11 is 0. The maximum absolute atomic E-state index is 12.3. The smallest absolute Gasteiger partial charge is 0.577 e. The molecule has 2 aliphatic heterocycles. The molecule has 0 bridgehead atoms. The maximum Gasteiger partial charge on any atom is 0.577 e. The van der Waals surface area contributed by atoms with Crippen LogP contribution in [-0.4, -0.2) is 42.1 Å². The van der Waals surface area contributed by atoms with E-state index in [9.17, 15) is 15.0 Å². The lowest BCUT2D eigenvalue weighted by Gasteiger charge is -2.60. The Morgan fingerprint density at radius 3 is 1.57 bits per heavy atom. The summed E-state index contributed by atoms with van der Waals surface area (Å²) in [7, 11) is -2.45. The van der Waals surface area contributed by atoms with Crippen molar-refractivity contribution in [1.82, 2.24) is 0 Å². The van der Waals surface area contributed by atoms with E-state index in [2.05, 4.69) is 0 Å². The van der Waals surface area contributed by atoms with Crippen molar-refractivity contribution in [2.24, 2.45) is 0 Å². The van der Waals surface area contributed by atoms with Gasteiger partial charge in [0, 0.05) is 12.8 Å². The highest BCUT2D eigenvalue weighted by atomic mass is 31.2. The van der Waals surface area contributed by atoms with E-state index >= 15 is 0 Å². The molecule has 0 amide bonds. The van der Waals surface area contributed by atoms with Gasteiger partial charge in [0.15, 0.2) is 0 Å². The number of rotatable bonds is 3. The Hall–Kier alpha value is 0.0300. The standard InChI is InChI=1S/C7H15N2O4P/c1-13-14(12,8(10)4-2-5-8)9(11)6-3-7-9/h2-7H2,1H3. The summed E-state index contributed by atoms with van der Waals surface area (Å²) in [4.78, 5) is 0. The van der Waals surface area contributed by atoms with Crippen molar-refractivity contribution in [3.8, 4) is 0 Å². The van der Waals surface area contributed by atoms with Gasteiger partial charge in [-0.15, -0.1) is 0 Å². The molecule has 0 aromatic rings. The molecule has 0 aliphatic carbocycles. The quantitative estimate of drug-likeness (QED) is 0.530. The van der Waals surface area contributed by atoms with E-state index in [0.717, 1.165) is 12.8 Å². The third kappa shape index (κ3) is 1.07. The minimum Gasteiger partial charge on any atom is -0.624 e. The molecule has 82 valence electrons. The first kappa shape index (κ1) is 10.5. The first-order valence-corrected chi connectivity index (χ1v) is 6.33. The topological polar surface area (TPSA) is 72.4 Å². The fraction of sp³-hybridized carbons (Fsp3) is 1.00. The van der Waals surface area contributed by atoms with Crippen LogP contribution < -0.4 is 0 Å². The van der Waals surface area contributed by atoms with E-state index in [1.807, 2.05) is 0 Å². The SMILES string of the molecule is COP(=O)([N+]1([O-])CCC1)[N+]1([O-])CCC1. The Kier molecular flexibility index (Phi) is 2.27. The average Bonchev–Trinajstić information content (AvgIpc) is 2.08. The van der Waals surface area contributed by atoms with Crippen molar-refractivity contribution in [1.29, 1.82) is 0 Å². The van der Waals surface area contributed by atoms with Crippen molar-refractivity contribution in [3.05, 3.63) is 10.4 Å². The van der Waals surface area contributed by atoms with Crippen molar-refractivity contribution in [3.63, 3.8) is 0 Å². The summed E-state index contributed by atoms with van der Waals surface area (Å²) in [5.41, 5.74) is 0. The van der Waals surface area contributed by atoms with E-state index in [1.54, 1.807) is 0 Å². The Morgan fingerprint density at radius 2 is 1.43 bits per heavy atom. The van der Waals surface area contributed by atoms with Crippen LogP contribution in [0, 0.1) is 10.4 Å².